The topological polar surface area (TPSA) is 105 Å². The Labute approximate surface area is 173 Å². The Balaban J connectivity index is 1.79. The van der Waals surface area contributed by atoms with E-state index in [0.717, 1.165) is 50.0 Å². The van der Waals surface area contributed by atoms with Crippen LogP contribution in [0.3, 0.4) is 0 Å². The Bertz CT molecular complexity index is 1220. The summed E-state index contributed by atoms with van der Waals surface area (Å²) in [6.07, 6.45) is 0.778. The third-order valence-corrected chi connectivity index (χ3v) is 5.69. The van der Waals surface area contributed by atoms with Crippen LogP contribution in [0.2, 0.25) is 0 Å². The van der Waals surface area contributed by atoms with Crippen LogP contribution in [0.1, 0.15) is 22.9 Å². The number of likely N-dealkylation sites (N-methyl/N-ethyl adjacent to an activating group) is 1. The highest BCUT2D eigenvalue weighted by Crippen LogP contribution is 2.36. The Hall–Kier alpha value is -3.04. The molecule has 1 aliphatic heterocycles. The van der Waals surface area contributed by atoms with Crippen LogP contribution in [0.25, 0.3) is 10.9 Å². The second kappa shape index (κ2) is 7.66. The standard InChI is InChI=1S/C21H27N5O4/c1-24(2)9-10-30-12-5-6-15-14(11-12)13-7-8-22-18(17(13)23-15)16-19(27)25(3)21(29)26(4)20(16)28/h5-6,11,18,22-23,27H,7-10H2,1-4H3. The van der Waals surface area contributed by atoms with Crippen LogP contribution >= 0.6 is 0 Å². The summed E-state index contributed by atoms with van der Waals surface area (Å²) in [7, 11) is 6.87. The number of nitrogens with one attached hydrogen (secondary N) is 2. The second-order valence-corrected chi connectivity index (χ2v) is 7.96. The molecule has 1 unspecified atom stereocenters. The molecule has 3 aromatic rings. The lowest BCUT2D eigenvalue weighted by Crippen LogP contribution is -2.42. The molecular formula is C21H27N5O4. The minimum absolute atomic E-state index is 0.162. The molecule has 0 aliphatic carbocycles. The first-order valence-corrected chi connectivity index (χ1v) is 9.94. The van der Waals surface area contributed by atoms with Crippen molar-refractivity contribution in [2.24, 2.45) is 14.1 Å². The molecule has 0 saturated heterocycles. The molecule has 0 bridgehead atoms. The minimum atomic E-state index is -0.562. The Morgan fingerprint density at radius 1 is 1.23 bits per heavy atom. The molecule has 0 fully saturated rings. The predicted molar refractivity (Wildman–Crippen MR) is 114 cm³/mol. The van der Waals surface area contributed by atoms with E-state index in [1.807, 2.05) is 32.3 Å². The molecule has 160 valence electrons. The lowest BCUT2D eigenvalue weighted by atomic mass is 9.95. The van der Waals surface area contributed by atoms with Crippen molar-refractivity contribution in [2.45, 2.75) is 12.5 Å². The predicted octanol–water partition coefficient (Wildman–Crippen LogP) is 0.446. The second-order valence-electron chi connectivity index (χ2n) is 7.96. The number of ether oxygens (including phenoxy) is 1. The van der Waals surface area contributed by atoms with Crippen molar-refractivity contribution < 1.29 is 9.84 Å². The summed E-state index contributed by atoms with van der Waals surface area (Å²) in [4.78, 5) is 30.4. The highest BCUT2D eigenvalue weighted by Gasteiger charge is 2.31. The van der Waals surface area contributed by atoms with Gasteiger partial charge < -0.3 is 25.0 Å². The van der Waals surface area contributed by atoms with E-state index in [4.69, 9.17) is 4.74 Å². The monoisotopic (exact) mass is 413 g/mol. The molecule has 9 nitrogen and oxygen atoms in total. The number of benzene rings is 1. The average molecular weight is 413 g/mol. The molecule has 9 heteroatoms. The minimum Gasteiger partial charge on any atom is -0.494 e. The summed E-state index contributed by atoms with van der Waals surface area (Å²) in [5.74, 6) is 0.474. The van der Waals surface area contributed by atoms with E-state index in [1.54, 1.807) is 0 Å². The average Bonchev–Trinajstić information content (AvgIpc) is 3.09. The van der Waals surface area contributed by atoms with E-state index in [-0.39, 0.29) is 11.4 Å². The molecule has 0 spiro atoms. The van der Waals surface area contributed by atoms with Gasteiger partial charge >= 0.3 is 5.69 Å². The first-order chi connectivity index (χ1) is 14.3. The number of H-pyrrole nitrogens is 1. The summed E-state index contributed by atoms with van der Waals surface area (Å²) < 4.78 is 7.98. The van der Waals surface area contributed by atoms with Crippen LogP contribution in [-0.2, 0) is 20.5 Å². The molecule has 3 N–H and O–H groups in total. The quantitative estimate of drug-likeness (QED) is 0.561. The SMILES string of the molecule is CN(C)CCOc1ccc2[nH]c3c(c2c1)CCNC3c1c(O)n(C)c(=O)n(C)c1=O. The summed E-state index contributed by atoms with van der Waals surface area (Å²) >= 11 is 0. The molecule has 1 aliphatic rings. The van der Waals surface area contributed by atoms with Crippen LogP contribution < -0.4 is 21.3 Å². The van der Waals surface area contributed by atoms with Crippen molar-refractivity contribution >= 4 is 10.9 Å². The maximum absolute atomic E-state index is 12.8. The van der Waals surface area contributed by atoms with Gasteiger partial charge in [-0.1, -0.05) is 0 Å². The number of hydrogen-bond acceptors (Lipinski definition) is 6. The number of rotatable bonds is 5. The van der Waals surface area contributed by atoms with Crippen molar-refractivity contribution in [3.05, 3.63) is 55.9 Å². The largest absolute Gasteiger partial charge is 0.494 e. The van der Waals surface area contributed by atoms with Gasteiger partial charge in [0.25, 0.3) is 5.56 Å². The van der Waals surface area contributed by atoms with Gasteiger partial charge in [-0.05, 0) is 44.3 Å². The molecule has 1 atom stereocenters. The number of hydrogen-bond donors (Lipinski definition) is 3. The summed E-state index contributed by atoms with van der Waals surface area (Å²) in [6.45, 7) is 2.06. The number of fused-ring (bicyclic) bond motifs is 3. The van der Waals surface area contributed by atoms with Gasteiger partial charge in [0, 0.05) is 43.8 Å². The fourth-order valence-electron chi connectivity index (χ4n) is 4.00. The molecule has 0 amide bonds. The Morgan fingerprint density at radius 3 is 2.73 bits per heavy atom. The van der Waals surface area contributed by atoms with Crippen molar-refractivity contribution in [3.8, 4) is 11.6 Å². The van der Waals surface area contributed by atoms with Gasteiger partial charge in [0.2, 0.25) is 5.88 Å². The summed E-state index contributed by atoms with van der Waals surface area (Å²) in [6, 6.07) is 5.37. The van der Waals surface area contributed by atoms with Crippen molar-refractivity contribution in [2.75, 3.05) is 33.8 Å². The van der Waals surface area contributed by atoms with Gasteiger partial charge in [-0.2, -0.15) is 0 Å². The van der Waals surface area contributed by atoms with Gasteiger partial charge in [-0.25, -0.2) is 4.79 Å². The van der Waals surface area contributed by atoms with E-state index >= 15 is 0 Å². The van der Waals surface area contributed by atoms with Crippen molar-refractivity contribution in [1.82, 2.24) is 24.3 Å². The third-order valence-electron chi connectivity index (χ3n) is 5.69. The zero-order valence-corrected chi connectivity index (χ0v) is 17.7. The zero-order chi connectivity index (χ0) is 21.6. The Morgan fingerprint density at radius 2 is 2.00 bits per heavy atom. The molecule has 3 heterocycles. The van der Waals surface area contributed by atoms with Crippen LogP contribution in [-0.4, -0.2) is 57.9 Å². The van der Waals surface area contributed by atoms with Gasteiger partial charge in [-0.15, -0.1) is 0 Å². The summed E-state index contributed by atoms with van der Waals surface area (Å²) in [5.41, 5.74) is 1.94. The molecular weight excluding hydrogens is 386 g/mol. The number of aromatic amines is 1. The van der Waals surface area contributed by atoms with Crippen LogP contribution in [0, 0.1) is 0 Å². The van der Waals surface area contributed by atoms with Gasteiger partial charge in [0.1, 0.15) is 17.9 Å². The van der Waals surface area contributed by atoms with E-state index in [9.17, 15) is 14.7 Å². The normalized spacial score (nSPS) is 16.2. The Kier molecular flexibility index (Phi) is 5.17. The van der Waals surface area contributed by atoms with E-state index in [0.29, 0.717) is 13.2 Å². The van der Waals surface area contributed by atoms with E-state index in [1.165, 1.54) is 14.1 Å². The molecule has 1 aromatic carbocycles. The fourth-order valence-corrected chi connectivity index (χ4v) is 4.00. The number of aromatic hydroxyl groups is 1. The first kappa shape index (κ1) is 20.2. The van der Waals surface area contributed by atoms with Crippen molar-refractivity contribution in [1.29, 1.82) is 0 Å². The van der Waals surface area contributed by atoms with Crippen LogP contribution in [0.4, 0.5) is 0 Å². The maximum Gasteiger partial charge on any atom is 0.333 e. The van der Waals surface area contributed by atoms with Crippen molar-refractivity contribution in [3.63, 3.8) is 0 Å². The summed E-state index contributed by atoms with van der Waals surface area (Å²) in [5, 5.41) is 14.9. The third kappa shape index (κ3) is 3.29. The molecule has 0 saturated carbocycles. The molecule has 2 aromatic heterocycles. The van der Waals surface area contributed by atoms with Gasteiger partial charge in [0.15, 0.2) is 0 Å². The highest BCUT2D eigenvalue weighted by atomic mass is 16.5. The molecule has 4 rings (SSSR count). The fraction of sp³-hybridized carbons (Fsp3) is 0.429. The first-order valence-electron chi connectivity index (χ1n) is 9.94. The maximum atomic E-state index is 12.8. The highest BCUT2D eigenvalue weighted by molar-refractivity contribution is 5.86. The molecule has 30 heavy (non-hydrogen) atoms. The van der Waals surface area contributed by atoms with E-state index in [2.05, 4.69) is 15.2 Å². The van der Waals surface area contributed by atoms with E-state index < -0.39 is 17.3 Å². The number of aromatic nitrogens is 3. The lowest BCUT2D eigenvalue weighted by Gasteiger charge is -2.25. The zero-order valence-electron chi connectivity index (χ0n) is 17.7. The number of nitrogens with zero attached hydrogens (tertiary/aromatic N) is 3. The lowest BCUT2D eigenvalue weighted by molar-refractivity contribution is 0.261. The molecule has 0 radical (unpaired) electrons. The smallest absolute Gasteiger partial charge is 0.333 e. The van der Waals surface area contributed by atoms with Gasteiger partial charge in [-0.3, -0.25) is 13.9 Å². The van der Waals surface area contributed by atoms with Gasteiger partial charge in [0.05, 0.1) is 6.04 Å². The van der Waals surface area contributed by atoms with Crippen LogP contribution in [0.5, 0.6) is 11.6 Å². The van der Waals surface area contributed by atoms with Crippen LogP contribution in [0.15, 0.2) is 27.8 Å².